The molecule has 186 valence electrons. The van der Waals surface area contributed by atoms with E-state index in [1.807, 2.05) is 6.07 Å². The van der Waals surface area contributed by atoms with Gasteiger partial charge in [-0.25, -0.2) is 28.1 Å². The third-order valence-corrected chi connectivity index (χ3v) is 8.19. The number of amides is 1. The highest BCUT2D eigenvalue weighted by Gasteiger charge is 2.21. The fraction of sp³-hybridized carbons (Fsp3) is 0.320. The summed E-state index contributed by atoms with van der Waals surface area (Å²) in [5.74, 6) is -0.288. The monoisotopic (exact) mass is 522 g/mol. The molecule has 2 N–H and O–H groups in total. The maximum Gasteiger partial charge on any atom is 0.264 e. The molecule has 0 fully saturated rings. The Labute approximate surface area is 214 Å². The minimum atomic E-state index is -3.88. The Hall–Kier alpha value is -3.49. The largest absolute Gasteiger partial charge is 0.325 e. The molecule has 1 aliphatic rings. The van der Waals surface area contributed by atoms with E-state index in [1.165, 1.54) is 42.2 Å². The Morgan fingerprint density at radius 1 is 1.11 bits per heavy atom. The van der Waals surface area contributed by atoms with Crippen LogP contribution in [0.1, 0.15) is 48.7 Å². The van der Waals surface area contributed by atoms with E-state index in [0.717, 1.165) is 43.4 Å². The number of nitriles is 1. The molecule has 2 heterocycles. The van der Waals surface area contributed by atoms with E-state index in [4.69, 9.17) is 4.98 Å². The average molecular weight is 523 g/mol. The number of aryl methyl sites for hydroxylation is 3. The predicted molar refractivity (Wildman–Crippen MR) is 138 cm³/mol. The highest BCUT2D eigenvalue weighted by atomic mass is 32.2. The summed E-state index contributed by atoms with van der Waals surface area (Å²) in [5, 5.41) is 12.5. The Morgan fingerprint density at radius 2 is 1.86 bits per heavy atom. The predicted octanol–water partition coefficient (Wildman–Crippen LogP) is 4.24. The zero-order valence-corrected chi connectivity index (χ0v) is 21.6. The van der Waals surface area contributed by atoms with E-state index in [9.17, 15) is 18.5 Å². The molecular formula is C25H26N6O3S2. The quantitative estimate of drug-likeness (QED) is 0.347. The molecule has 0 spiro atoms. The number of rotatable bonds is 7. The van der Waals surface area contributed by atoms with Gasteiger partial charge in [-0.1, -0.05) is 18.2 Å². The van der Waals surface area contributed by atoms with Crippen molar-refractivity contribution in [3.8, 4) is 6.07 Å². The molecule has 0 aliphatic heterocycles. The second kappa shape index (κ2) is 11.1. The van der Waals surface area contributed by atoms with Gasteiger partial charge in [0.1, 0.15) is 11.1 Å². The van der Waals surface area contributed by atoms with Crippen LogP contribution < -0.4 is 10.0 Å². The number of nitrogens with one attached hydrogen (secondary N) is 2. The third-order valence-electron chi connectivity index (χ3n) is 5.75. The minimum Gasteiger partial charge on any atom is -0.325 e. The third kappa shape index (κ3) is 6.19. The molecule has 0 saturated carbocycles. The van der Waals surface area contributed by atoms with Crippen molar-refractivity contribution in [3.63, 3.8) is 0 Å². The van der Waals surface area contributed by atoms with Gasteiger partial charge < -0.3 is 5.32 Å². The van der Waals surface area contributed by atoms with E-state index in [0.29, 0.717) is 22.0 Å². The second-order valence-electron chi connectivity index (χ2n) is 8.52. The lowest BCUT2D eigenvalue weighted by atomic mass is 10.1. The van der Waals surface area contributed by atoms with Crippen molar-refractivity contribution in [1.29, 1.82) is 5.26 Å². The van der Waals surface area contributed by atoms with E-state index in [-0.39, 0.29) is 16.8 Å². The first-order chi connectivity index (χ1) is 17.2. The molecular weight excluding hydrogens is 496 g/mol. The maximum atomic E-state index is 12.8. The van der Waals surface area contributed by atoms with Crippen LogP contribution in [-0.2, 0) is 27.7 Å². The molecule has 1 aromatic carbocycles. The van der Waals surface area contributed by atoms with Crippen LogP contribution in [0.25, 0.3) is 0 Å². The van der Waals surface area contributed by atoms with E-state index in [2.05, 4.69) is 26.1 Å². The lowest BCUT2D eigenvalue weighted by molar-refractivity contribution is -0.115. The number of hydrogen-bond acceptors (Lipinski definition) is 8. The molecule has 1 amide bonds. The van der Waals surface area contributed by atoms with Gasteiger partial charge in [0.15, 0.2) is 0 Å². The Balaban J connectivity index is 1.42. The number of anilines is 2. The van der Waals surface area contributed by atoms with Crippen LogP contribution in [0, 0.1) is 18.3 Å². The minimum absolute atomic E-state index is 0.0126. The summed E-state index contributed by atoms with van der Waals surface area (Å²) >= 11 is 1.25. The first-order valence-corrected chi connectivity index (χ1v) is 13.9. The molecule has 36 heavy (non-hydrogen) atoms. The molecule has 1 aliphatic carbocycles. The van der Waals surface area contributed by atoms with Crippen LogP contribution in [0.3, 0.4) is 0 Å². The molecule has 4 rings (SSSR count). The molecule has 2 aromatic heterocycles. The Bertz CT molecular complexity index is 1420. The SMILES string of the molecule is Cc1ccnc(NS(=O)(=O)c2ccc(NC(=O)C(C)Sc3nc4c(cc3C#N)CCCCC4)cc2)n1. The summed E-state index contributed by atoms with van der Waals surface area (Å²) in [6.07, 6.45) is 6.60. The topological polar surface area (TPSA) is 138 Å². The van der Waals surface area contributed by atoms with Crippen molar-refractivity contribution in [2.75, 3.05) is 10.0 Å². The number of nitrogens with zero attached hydrogens (tertiary/aromatic N) is 4. The van der Waals surface area contributed by atoms with Crippen LogP contribution in [0.4, 0.5) is 11.6 Å². The number of thioether (sulfide) groups is 1. The van der Waals surface area contributed by atoms with Crippen molar-refractivity contribution < 1.29 is 13.2 Å². The van der Waals surface area contributed by atoms with Crippen molar-refractivity contribution in [2.24, 2.45) is 0 Å². The summed E-state index contributed by atoms with van der Waals surface area (Å²) in [4.78, 5) is 25.5. The first kappa shape index (κ1) is 25.6. The number of benzene rings is 1. The highest BCUT2D eigenvalue weighted by molar-refractivity contribution is 8.00. The number of aromatic nitrogens is 3. The summed E-state index contributed by atoms with van der Waals surface area (Å²) in [6.45, 7) is 3.49. The van der Waals surface area contributed by atoms with Crippen LogP contribution >= 0.6 is 11.8 Å². The van der Waals surface area contributed by atoms with E-state index < -0.39 is 15.3 Å². The Morgan fingerprint density at radius 3 is 2.58 bits per heavy atom. The Kier molecular flexibility index (Phi) is 7.86. The molecule has 11 heteroatoms. The van der Waals surface area contributed by atoms with Crippen molar-refractivity contribution in [2.45, 2.75) is 61.1 Å². The van der Waals surface area contributed by atoms with Gasteiger partial charge in [0.05, 0.1) is 15.7 Å². The number of hydrogen-bond donors (Lipinski definition) is 2. The highest BCUT2D eigenvalue weighted by Crippen LogP contribution is 2.30. The molecule has 3 aromatic rings. The van der Waals surface area contributed by atoms with Gasteiger partial charge in [-0.3, -0.25) is 4.79 Å². The fourth-order valence-corrected chi connectivity index (χ4v) is 5.67. The fourth-order valence-electron chi connectivity index (χ4n) is 3.82. The molecule has 0 radical (unpaired) electrons. The number of sulfonamides is 1. The van der Waals surface area contributed by atoms with E-state index in [1.54, 1.807) is 19.9 Å². The van der Waals surface area contributed by atoms with Gasteiger partial charge in [-0.05, 0) is 81.5 Å². The van der Waals surface area contributed by atoms with Gasteiger partial charge in [-0.2, -0.15) is 5.26 Å². The lowest BCUT2D eigenvalue weighted by Crippen LogP contribution is -2.23. The van der Waals surface area contributed by atoms with Crippen molar-refractivity contribution in [3.05, 3.63) is 65.1 Å². The summed E-state index contributed by atoms with van der Waals surface area (Å²) in [7, 11) is -3.88. The number of carbonyl (C=O) groups excluding carboxylic acids is 1. The van der Waals surface area contributed by atoms with Gasteiger partial charge in [0, 0.05) is 23.3 Å². The van der Waals surface area contributed by atoms with Crippen molar-refractivity contribution >= 4 is 39.3 Å². The maximum absolute atomic E-state index is 12.8. The van der Waals surface area contributed by atoms with Gasteiger partial charge in [0.2, 0.25) is 11.9 Å². The molecule has 9 nitrogen and oxygen atoms in total. The van der Waals surface area contributed by atoms with E-state index >= 15 is 0 Å². The van der Waals surface area contributed by atoms with Gasteiger partial charge in [0.25, 0.3) is 10.0 Å². The summed E-state index contributed by atoms with van der Waals surface area (Å²) in [5.41, 5.74) is 3.72. The average Bonchev–Trinajstić information content (AvgIpc) is 3.08. The zero-order valence-electron chi connectivity index (χ0n) is 20.0. The number of fused-ring (bicyclic) bond motifs is 1. The van der Waals surface area contributed by atoms with Crippen LogP contribution in [0.15, 0.2) is 52.5 Å². The number of carbonyl (C=O) groups is 1. The summed E-state index contributed by atoms with van der Waals surface area (Å²) < 4.78 is 27.6. The van der Waals surface area contributed by atoms with Crippen LogP contribution in [0.5, 0.6) is 0 Å². The second-order valence-corrected chi connectivity index (χ2v) is 11.5. The zero-order chi connectivity index (χ0) is 25.7. The molecule has 0 bridgehead atoms. The summed E-state index contributed by atoms with van der Waals surface area (Å²) in [6, 6.07) is 11.6. The van der Waals surface area contributed by atoms with Gasteiger partial charge in [-0.15, -0.1) is 0 Å². The normalized spacial score (nSPS) is 14.1. The van der Waals surface area contributed by atoms with Crippen LogP contribution in [-0.4, -0.2) is 34.5 Å². The van der Waals surface area contributed by atoms with Gasteiger partial charge >= 0.3 is 0 Å². The van der Waals surface area contributed by atoms with Crippen LogP contribution in [0.2, 0.25) is 0 Å². The standard InChI is InChI=1S/C25H26N6O3S2/c1-16-12-13-27-25(28-16)31-36(33,34)21-10-8-20(9-11-21)29-23(32)17(2)35-24-19(15-26)14-18-6-4-3-5-7-22(18)30-24/h8-14,17H,3-7H2,1-2H3,(H,29,32)(H,27,28,31). The smallest absolute Gasteiger partial charge is 0.264 e. The number of pyridine rings is 1. The van der Waals surface area contributed by atoms with Crippen molar-refractivity contribution in [1.82, 2.24) is 15.0 Å². The molecule has 0 saturated heterocycles. The first-order valence-electron chi connectivity index (χ1n) is 11.6. The molecule has 1 unspecified atom stereocenters. The lowest BCUT2D eigenvalue weighted by Gasteiger charge is -2.15. The molecule has 1 atom stereocenters.